The Balaban J connectivity index is 1.29. The zero-order valence-corrected chi connectivity index (χ0v) is 14.4. The van der Waals surface area contributed by atoms with Crippen LogP contribution in [0.2, 0.25) is 0 Å². The standard InChI is InChI=1S/C20H22N4O2/c25-18(14-9-22-23-10-14)24-17(13-4-2-1-3-5-13)11-21-19(26)20-8-12-6-15(20)16(20)7-12/h1-5,9-10,12,15-17H,6-8,11H2,(H,21,26)(H,22,23)(H,24,25)/t12?,15?,16?,17-,20?/m0/s1. The van der Waals surface area contributed by atoms with E-state index in [0.717, 1.165) is 17.9 Å². The largest absolute Gasteiger partial charge is 0.353 e. The van der Waals surface area contributed by atoms with E-state index in [1.54, 1.807) is 6.20 Å². The third kappa shape index (κ3) is 2.28. The summed E-state index contributed by atoms with van der Waals surface area (Å²) < 4.78 is 0. The Morgan fingerprint density at radius 1 is 1.23 bits per heavy atom. The fourth-order valence-corrected chi connectivity index (χ4v) is 5.46. The van der Waals surface area contributed by atoms with Crippen LogP contribution in [0.25, 0.3) is 0 Å². The van der Waals surface area contributed by atoms with Gasteiger partial charge in [0.2, 0.25) is 5.91 Å². The Bertz CT molecular complexity index is 821. The average Bonchev–Trinajstić information content (AvgIpc) is 3.29. The number of carbonyl (C=O) groups excluding carboxylic acids is 2. The van der Waals surface area contributed by atoms with Gasteiger partial charge in [-0.15, -0.1) is 0 Å². The predicted octanol–water partition coefficient (Wildman–Crippen LogP) is 2.04. The number of carbonyl (C=O) groups is 2. The van der Waals surface area contributed by atoms with Gasteiger partial charge in [-0.05, 0) is 42.6 Å². The average molecular weight is 350 g/mol. The molecule has 1 aromatic carbocycles. The number of benzene rings is 1. The Labute approximate surface area is 151 Å². The van der Waals surface area contributed by atoms with Crippen molar-refractivity contribution >= 4 is 11.8 Å². The van der Waals surface area contributed by atoms with E-state index in [1.807, 2.05) is 30.3 Å². The van der Waals surface area contributed by atoms with E-state index in [9.17, 15) is 9.59 Å². The number of hydrogen-bond donors (Lipinski definition) is 3. The molecule has 2 amide bonds. The monoisotopic (exact) mass is 350 g/mol. The van der Waals surface area contributed by atoms with Gasteiger partial charge in [-0.2, -0.15) is 5.10 Å². The smallest absolute Gasteiger partial charge is 0.255 e. The van der Waals surface area contributed by atoms with Crippen LogP contribution in [0.5, 0.6) is 0 Å². The fourth-order valence-electron chi connectivity index (χ4n) is 5.46. The number of nitrogens with one attached hydrogen (secondary N) is 3. The second-order valence-corrected chi connectivity index (χ2v) is 7.93. The van der Waals surface area contributed by atoms with Crippen molar-refractivity contribution in [1.82, 2.24) is 20.8 Å². The van der Waals surface area contributed by atoms with E-state index in [4.69, 9.17) is 0 Å². The van der Waals surface area contributed by atoms with Crippen LogP contribution in [0.3, 0.4) is 0 Å². The fraction of sp³-hybridized carbons (Fsp3) is 0.450. The third-order valence-electron chi connectivity index (χ3n) is 6.66. The molecule has 0 saturated heterocycles. The maximum Gasteiger partial charge on any atom is 0.255 e. The quantitative estimate of drug-likeness (QED) is 0.745. The number of nitrogens with zero attached hydrogens (tertiary/aromatic N) is 1. The third-order valence-corrected chi connectivity index (χ3v) is 6.66. The molecule has 0 spiro atoms. The van der Waals surface area contributed by atoms with E-state index in [-0.39, 0.29) is 23.3 Å². The molecule has 6 heteroatoms. The molecule has 1 aromatic heterocycles. The van der Waals surface area contributed by atoms with Crippen molar-refractivity contribution in [2.45, 2.75) is 25.3 Å². The molecule has 0 radical (unpaired) electrons. The van der Waals surface area contributed by atoms with Gasteiger partial charge < -0.3 is 10.6 Å². The Morgan fingerprint density at radius 3 is 2.62 bits per heavy atom. The molecule has 4 aliphatic rings. The first-order valence-corrected chi connectivity index (χ1v) is 9.31. The molecular weight excluding hydrogens is 328 g/mol. The van der Waals surface area contributed by atoms with Crippen molar-refractivity contribution in [3.63, 3.8) is 0 Å². The normalized spacial score (nSPS) is 31.5. The maximum absolute atomic E-state index is 12.9. The van der Waals surface area contributed by atoms with Crippen LogP contribution in [0.4, 0.5) is 0 Å². The van der Waals surface area contributed by atoms with Crippen molar-refractivity contribution in [3.05, 3.63) is 53.9 Å². The first kappa shape index (κ1) is 15.6. The molecule has 4 bridgehead atoms. The first-order valence-electron chi connectivity index (χ1n) is 9.31. The highest BCUT2D eigenvalue weighted by Gasteiger charge is 2.77. The van der Waals surface area contributed by atoms with Gasteiger partial charge in [-0.25, -0.2) is 0 Å². The van der Waals surface area contributed by atoms with Crippen LogP contribution < -0.4 is 10.6 Å². The van der Waals surface area contributed by atoms with E-state index in [2.05, 4.69) is 20.8 Å². The van der Waals surface area contributed by atoms with Gasteiger partial charge in [0.25, 0.3) is 5.91 Å². The summed E-state index contributed by atoms with van der Waals surface area (Å²) in [5.41, 5.74) is 1.38. The minimum Gasteiger partial charge on any atom is -0.353 e. The summed E-state index contributed by atoms with van der Waals surface area (Å²) in [6.45, 7) is 0.401. The minimum absolute atomic E-state index is 0.0829. The molecule has 134 valence electrons. The zero-order chi connectivity index (χ0) is 17.7. The first-order chi connectivity index (χ1) is 12.7. The van der Waals surface area contributed by atoms with E-state index in [1.165, 1.54) is 19.0 Å². The highest BCUT2D eigenvalue weighted by Crippen LogP contribution is 2.79. The van der Waals surface area contributed by atoms with Crippen LogP contribution in [0, 0.1) is 23.2 Å². The van der Waals surface area contributed by atoms with Gasteiger partial charge in [0.1, 0.15) is 0 Å². The molecule has 3 N–H and O–H groups in total. The van der Waals surface area contributed by atoms with Crippen LogP contribution >= 0.6 is 0 Å². The van der Waals surface area contributed by atoms with E-state index >= 15 is 0 Å². The predicted molar refractivity (Wildman–Crippen MR) is 95.0 cm³/mol. The number of aromatic amines is 1. The van der Waals surface area contributed by atoms with Gasteiger partial charge in [0.15, 0.2) is 0 Å². The van der Waals surface area contributed by atoms with Gasteiger partial charge in [0, 0.05) is 12.7 Å². The van der Waals surface area contributed by atoms with Crippen LogP contribution in [0.15, 0.2) is 42.7 Å². The lowest BCUT2D eigenvalue weighted by Crippen LogP contribution is -2.40. The summed E-state index contributed by atoms with van der Waals surface area (Å²) in [4.78, 5) is 25.3. The summed E-state index contributed by atoms with van der Waals surface area (Å²) in [6.07, 6.45) is 6.59. The molecule has 2 unspecified atom stereocenters. The molecule has 4 aliphatic carbocycles. The second-order valence-electron chi connectivity index (χ2n) is 7.93. The molecule has 4 saturated carbocycles. The van der Waals surface area contributed by atoms with Gasteiger partial charge >= 0.3 is 0 Å². The molecule has 6 rings (SSSR count). The highest BCUT2D eigenvalue weighted by atomic mass is 16.2. The van der Waals surface area contributed by atoms with Crippen LogP contribution in [-0.2, 0) is 4.79 Å². The lowest BCUT2D eigenvalue weighted by Gasteiger charge is -2.21. The lowest BCUT2D eigenvalue weighted by atomic mass is 10.0. The zero-order valence-electron chi connectivity index (χ0n) is 14.4. The van der Waals surface area contributed by atoms with Gasteiger partial charge in [-0.3, -0.25) is 14.7 Å². The molecule has 3 atom stereocenters. The summed E-state index contributed by atoms with van der Waals surface area (Å²) in [7, 11) is 0. The summed E-state index contributed by atoms with van der Waals surface area (Å²) in [6, 6.07) is 9.49. The molecule has 2 aromatic rings. The molecule has 1 heterocycles. The van der Waals surface area contributed by atoms with Crippen LogP contribution in [0.1, 0.15) is 41.2 Å². The molecule has 26 heavy (non-hydrogen) atoms. The SMILES string of the molecule is O=C(N[C@@H](CNC(=O)C12CC3CC1C2C3)c1ccccc1)c1cn[nH]c1. The van der Waals surface area contributed by atoms with Crippen LogP contribution in [-0.4, -0.2) is 28.6 Å². The number of rotatable bonds is 6. The van der Waals surface area contributed by atoms with E-state index < -0.39 is 0 Å². The minimum atomic E-state index is -0.271. The van der Waals surface area contributed by atoms with Gasteiger partial charge in [-0.1, -0.05) is 30.3 Å². The molecule has 4 fully saturated rings. The summed E-state index contributed by atoms with van der Waals surface area (Å²) in [5, 5.41) is 12.6. The highest BCUT2D eigenvalue weighted by molar-refractivity contribution is 5.94. The summed E-state index contributed by atoms with van der Waals surface area (Å²) in [5.74, 6) is 1.98. The number of aromatic nitrogens is 2. The number of amides is 2. The van der Waals surface area contributed by atoms with Crippen molar-refractivity contribution in [2.75, 3.05) is 6.54 Å². The maximum atomic E-state index is 12.9. The Morgan fingerprint density at radius 2 is 2.00 bits per heavy atom. The molecule has 6 nitrogen and oxygen atoms in total. The second kappa shape index (κ2) is 5.69. The Hall–Kier alpha value is -2.63. The number of hydrogen-bond acceptors (Lipinski definition) is 3. The molecular formula is C20H22N4O2. The van der Waals surface area contributed by atoms with E-state index in [0.29, 0.717) is 23.9 Å². The lowest BCUT2D eigenvalue weighted by molar-refractivity contribution is -0.126. The number of H-pyrrole nitrogens is 1. The van der Waals surface area contributed by atoms with Crippen molar-refractivity contribution < 1.29 is 9.59 Å². The topological polar surface area (TPSA) is 86.9 Å². The van der Waals surface area contributed by atoms with Gasteiger partial charge in [0.05, 0.1) is 23.2 Å². The molecule has 0 aliphatic heterocycles. The Kier molecular flexibility index (Phi) is 3.42. The summed E-state index contributed by atoms with van der Waals surface area (Å²) >= 11 is 0. The van der Waals surface area contributed by atoms with Crippen molar-refractivity contribution in [3.8, 4) is 0 Å². The van der Waals surface area contributed by atoms with Crippen molar-refractivity contribution in [1.29, 1.82) is 0 Å². The van der Waals surface area contributed by atoms with Crippen molar-refractivity contribution in [2.24, 2.45) is 23.2 Å².